The number of fused-ring (bicyclic) bond motifs is 2. The first-order chi connectivity index (χ1) is 14.6. The second kappa shape index (κ2) is 8.87. The highest BCUT2D eigenvalue weighted by Gasteiger charge is 2.23. The van der Waals surface area contributed by atoms with E-state index < -0.39 is 5.97 Å². The monoisotopic (exact) mass is 400 g/mol. The number of para-hydroxylation sites is 1. The lowest BCUT2D eigenvalue weighted by Crippen LogP contribution is -2.15. The van der Waals surface area contributed by atoms with E-state index in [1.54, 1.807) is 6.92 Å². The van der Waals surface area contributed by atoms with Crippen molar-refractivity contribution in [3.8, 4) is 17.2 Å². The minimum atomic E-state index is -0.415. The molecule has 0 unspecified atom stereocenters. The van der Waals surface area contributed by atoms with Gasteiger partial charge in [0, 0.05) is 27.5 Å². The lowest BCUT2D eigenvalue weighted by Gasteiger charge is -2.23. The largest absolute Gasteiger partial charge is 0.490 e. The van der Waals surface area contributed by atoms with E-state index in [-0.39, 0.29) is 0 Å². The van der Waals surface area contributed by atoms with Crippen molar-refractivity contribution in [1.29, 1.82) is 0 Å². The van der Waals surface area contributed by atoms with Crippen molar-refractivity contribution in [3.05, 3.63) is 90.0 Å². The van der Waals surface area contributed by atoms with E-state index in [1.165, 1.54) is 0 Å². The van der Waals surface area contributed by atoms with Gasteiger partial charge in [-0.25, -0.2) is 4.79 Å². The Morgan fingerprint density at radius 1 is 0.833 bits per heavy atom. The van der Waals surface area contributed by atoms with E-state index in [0.29, 0.717) is 31.0 Å². The van der Waals surface area contributed by atoms with E-state index in [4.69, 9.17) is 14.2 Å². The van der Waals surface area contributed by atoms with E-state index in [1.807, 2.05) is 54.6 Å². The molecule has 3 aromatic carbocycles. The topological polar surface area (TPSA) is 44.8 Å². The number of allylic oxidation sites excluding steroid dienone is 2. The highest BCUT2D eigenvalue weighted by Crippen LogP contribution is 2.43. The predicted molar refractivity (Wildman–Crippen MR) is 118 cm³/mol. The maximum Gasteiger partial charge on any atom is 0.338 e. The molecule has 0 fully saturated rings. The molecule has 0 bridgehead atoms. The second-order valence-electron chi connectivity index (χ2n) is 7.22. The van der Waals surface area contributed by atoms with Gasteiger partial charge in [0.25, 0.3) is 0 Å². The number of benzene rings is 3. The normalized spacial score (nSPS) is 12.3. The van der Waals surface area contributed by atoms with Crippen LogP contribution in [-0.2, 0) is 17.6 Å². The van der Waals surface area contributed by atoms with Crippen LogP contribution in [0.2, 0.25) is 0 Å². The van der Waals surface area contributed by atoms with Gasteiger partial charge in [-0.1, -0.05) is 61.2 Å². The zero-order chi connectivity index (χ0) is 20.9. The first kappa shape index (κ1) is 19.8. The molecular formula is C26H24O4. The molecule has 1 aliphatic carbocycles. The summed E-state index contributed by atoms with van der Waals surface area (Å²) in [6.45, 7) is 6.22. The van der Waals surface area contributed by atoms with Gasteiger partial charge < -0.3 is 14.2 Å². The van der Waals surface area contributed by atoms with Crippen molar-refractivity contribution in [3.63, 3.8) is 0 Å². The summed E-state index contributed by atoms with van der Waals surface area (Å²) in [4.78, 5) is 12.3. The molecule has 0 atom stereocenters. The summed E-state index contributed by atoms with van der Waals surface area (Å²) >= 11 is 0. The number of carbonyl (C=O) groups is 1. The molecule has 0 saturated carbocycles. The maximum absolute atomic E-state index is 12.3. The Morgan fingerprint density at radius 3 is 2.07 bits per heavy atom. The van der Waals surface area contributed by atoms with Crippen LogP contribution in [0.1, 0.15) is 18.1 Å². The number of rotatable bonds is 7. The van der Waals surface area contributed by atoms with Gasteiger partial charge in [0.1, 0.15) is 30.5 Å². The van der Waals surface area contributed by atoms with Gasteiger partial charge in [-0.05, 0) is 31.9 Å². The molecular weight excluding hydrogens is 376 g/mol. The molecule has 0 aliphatic heterocycles. The molecule has 0 amide bonds. The maximum atomic E-state index is 12.3. The van der Waals surface area contributed by atoms with Crippen LogP contribution in [-0.4, -0.2) is 19.2 Å². The Labute approximate surface area is 176 Å². The van der Waals surface area contributed by atoms with Crippen LogP contribution in [0, 0.1) is 0 Å². The van der Waals surface area contributed by atoms with E-state index in [9.17, 15) is 4.79 Å². The van der Waals surface area contributed by atoms with Crippen LogP contribution in [0.3, 0.4) is 0 Å². The fraction of sp³-hybridized carbons (Fsp3) is 0.192. The first-order valence-electron chi connectivity index (χ1n) is 10.0. The Morgan fingerprint density at radius 2 is 1.40 bits per heavy atom. The Balaban J connectivity index is 1.66. The van der Waals surface area contributed by atoms with E-state index >= 15 is 0 Å². The molecule has 0 spiro atoms. The summed E-state index contributed by atoms with van der Waals surface area (Å²) in [5, 5.41) is 1.79. The quantitative estimate of drug-likeness (QED) is 0.174. The Bertz CT molecular complexity index is 1110. The van der Waals surface area contributed by atoms with Gasteiger partial charge in [0.15, 0.2) is 0 Å². The fourth-order valence-corrected chi connectivity index (χ4v) is 3.59. The number of hydrogen-bond donors (Lipinski definition) is 0. The summed E-state index contributed by atoms with van der Waals surface area (Å²) < 4.78 is 17.8. The summed E-state index contributed by atoms with van der Waals surface area (Å²) in [5.41, 5.74) is 2.42. The molecule has 1 aliphatic rings. The standard InChI is InChI=1S/C26H24O4/c1-18(2)26(27)30-25-22-14-8-6-12-20(22)24(21-13-7-9-15-23(21)25)29-17-16-28-19-10-4-3-5-11-19/h3-12,14H,1,13,15-17H2,2H3. The summed E-state index contributed by atoms with van der Waals surface area (Å²) in [7, 11) is 0. The Kier molecular flexibility index (Phi) is 5.84. The van der Waals surface area contributed by atoms with Crippen molar-refractivity contribution in [1.82, 2.24) is 0 Å². The van der Waals surface area contributed by atoms with Crippen LogP contribution < -0.4 is 14.2 Å². The van der Waals surface area contributed by atoms with Gasteiger partial charge in [-0.3, -0.25) is 0 Å². The lowest BCUT2D eigenvalue weighted by molar-refractivity contribution is -0.130. The SMILES string of the molecule is C=C(C)C(=O)Oc1c2c(c(OCCOc3ccccc3)c3ccccc13)CC=CC2. The van der Waals surface area contributed by atoms with Gasteiger partial charge in [-0.15, -0.1) is 0 Å². The highest BCUT2D eigenvalue weighted by atomic mass is 16.5. The van der Waals surface area contributed by atoms with Crippen LogP contribution in [0.25, 0.3) is 10.8 Å². The third kappa shape index (κ3) is 4.08. The van der Waals surface area contributed by atoms with Crippen molar-refractivity contribution >= 4 is 16.7 Å². The van der Waals surface area contributed by atoms with Crippen molar-refractivity contribution in [2.24, 2.45) is 0 Å². The lowest BCUT2D eigenvalue weighted by atomic mass is 9.90. The molecule has 0 aromatic heterocycles. The zero-order valence-electron chi connectivity index (χ0n) is 17.0. The molecule has 4 nitrogen and oxygen atoms in total. The van der Waals surface area contributed by atoms with Crippen LogP contribution in [0.5, 0.6) is 17.2 Å². The van der Waals surface area contributed by atoms with Gasteiger partial charge in [0.2, 0.25) is 0 Å². The molecule has 0 radical (unpaired) electrons. The average molecular weight is 400 g/mol. The number of esters is 1. The minimum Gasteiger partial charge on any atom is -0.490 e. The van der Waals surface area contributed by atoms with Crippen LogP contribution in [0.4, 0.5) is 0 Å². The molecule has 152 valence electrons. The minimum absolute atomic E-state index is 0.373. The summed E-state index contributed by atoms with van der Waals surface area (Å²) in [5.74, 6) is 1.84. The smallest absolute Gasteiger partial charge is 0.338 e. The van der Waals surface area contributed by atoms with Crippen molar-refractivity contribution in [2.45, 2.75) is 19.8 Å². The van der Waals surface area contributed by atoms with Crippen molar-refractivity contribution in [2.75, 3.05) is 13.2 Å². The van der Waals surface area contributed by atoms with Gasteiger partial charge >= 0.3 is 5.97 Å². The van der Waals surface area contributed by atoms with Gasteiger partial charge in [0.05, 0.1) is 0 Å². The first-order valence-corrected chi connectivity index (χ1v) is 10.0. The number of hydrogen-bond acceptors (Lipinski definition) is 4. The molecule has 4 rings (SSSR count). The summed E-state index contributed by atoms with van der Waals surface area (Å²) in [6.07, 6.45) is 5.63. The molecule has 0 N–H and O–H groups in total. The fourth-order valence-electron chi connectivity index (χ4n) is 3.59. The van der Waals surface area contributed by atoms with E-state index in [2.05, 4.69) is 18.7 Å². The second-order valence-corrected chi connectivity index (χ2v) is 7.22. The Hall–Kier alpha value is -3.53. The van der Waals surface area contributed by atoms with E-state index in [0.717, 1.165) is 39.8 Å². The van der Waals surface area contributed by atoms with Gasteiger partial charge in [-0.2, -0.15) is 0 Å². The number of carbonyl (C=O) groups excluding carboxylic acids is 1. The molecule has 0 heterocycles. The third-order valence-corrected chi connectivity index (χ3v) is 5.02. The molecule has 0 saturated heterocycles. The summed E-state index contributed by atoms with van der Waals surface area (Å²) in [6, 6.07) is 17.5. The zero-order valence-corrected chi connectivity index (χ0v) is 17.0. The predicted octanol–water partition coefficient (Wildman–Crippen LogP) is 5.43. The third-order valence-electron chi connectivity index (χ3n) is 5.02. The van der Waals surface area contributed by atoms with Crippen molar-refractivity contribution < 1.29 is 19.0 Å². The van der Waals surface area contributed by atoms with Crippen LogP contribution in [0.15, 0.2) is 78.9 Å². The number of ether oxygens (including phenoxy) is 3. The molecule has 4 heteroatoms. The molecule has 3 aromatic rings. The average Bonchev–Trinajstić information content (AvgIpc) is 2.78. The molecule has 30 heavy (non-hydrogen) atoms. The highest BCUT2D eigenvalue weighted by molar-refractivity contribution is 5.99. The van der Waals surface area contributed by atoms with Crippen LogP contribution >= 0.6 is 0 Å².